The predicted molar refractivity (Wildman–Crippen MR) is 82.1 cm³/mol. The summed E-state index contributed by atoms with van der Waals surface area (Å²) in [5.41, 5.74) is 0. The van der Waals surface area contributed by atoms with E-state index < -0.39 is 0 Å². The van der Waals surface area contributed by atoms with E-state index in [0.717, 1.165) is 42.4 Å². The molecule has 0 saturated heterocycles. The van der Waals surface area contributed by atoms with E-state index in [1.165, 1.54) is 6.42 Å². The van der Waals surface area contributed by atoms with Crippen LogP contribution in [0.1, 0.15) is 33.0 Å². The maximum Gasteiger partial charge on any atom is 0.158 e. The van der Waals surface area contributed by atoms with Gasteiger partial charge in [-0.1, -0.05) is 6.92 Å². The van der Waals surface area contributed by atoms with E-state index in [9.17, 15) is 0 Å². The minimum absolute atomic E-state index is 0.469. The molecule has 1 aliphatic rings. The van der Waals surface area contributed by atoms with Gasteiger partial charge in [-0.15, -0.1) is 0 Å². The first-order chi connectivity index (χ1) is 9.63. The largest absolute Gasteiger partial charge is 0.374 e. The molecule has 0 aromatic carbocycles. The van der Waals surface area contributed by atoms with Crippen molar-refractivity contribution in [1.82, 2.24) is 9.97 Å². The van der Waals surface area contributed by atoms with Crippen LogP contribution in [0.5, 0.6) is 0 Å². The van der Waals surface area contributed by atoms with Gasteiger partial charge in [-0.25, -0.2) is 9.97 Å². The fourth-order valence-electron chi connectivity index (χ4n) is 2.31. The van der Waals surface area contributed by atoms with Crippen molar-refractivity contribution < 1.29 is 4.74 Å². The molecule has 112 valence electrons. The molecule has 20 heavy (non-hydrogen) atoms. The van der Waals surface area contributed by atoms with Crippen LogP contribution in [-0.4, -0.2) is 36.7 Å². The molecule has 1 saturated carbocycles. The Bertz CT molecular complexity index is 438. The summed E-state index contributed by atoms with van der Waals surface area (Å²) in [5.74, 6) is 4.27. The third-order valence-corrected chi connectivity index (χ3v) is 3.73. The second-order valence-electron chi connectivity index (χ2n) is 5.55. The molecule has 1 heterocycles. The van der Waals surface area contributed by atoms with Gasteiger partial charge in [0.2, 0.25) is 0 Å². The zero-order valence-electron chi connectivity index (χ0n) is 13.0. The number of aromatic nitrogens is 2. The smallest absolute Gasteiger partial charge is 0.158 e. The van der Waals surface area contributed by atoms with Gasteiger partial charge in [-0.2, -0.15) is 0 Å². The fourth-order valence-corrected chi connectivity index (χ4v) is 2.31. The summed E-state index contributed by atoms with van der Waals surface area (Å²) in [4.78, 5) is 11.3. The van der Waals surface area contributed by atoms with E-state index in [1.54, 1.807) is 0 Å². The van der Waals surface area contributed by atoms with Crippen LogP contribution >= 0.6 is 0 Å². The van der Waals surface area contributed by atoms with Gasteiger partial charge in [0.05, 0.1) is 0 Å². The molecule has 1 N–H and O–H groups in total. The molecule has 1 aromatic rings. The molecule has 0 aliphatic heterocycles. The SMILES string of the molecule is CCNc1cc(N(C)CC2CC2C)nc(COCC)n1. The van der Waals surface area contributed by atoms with E-state index in [1.807, 2.05) is 13.0 Å². The van der Waals surface area contributed by atoms with Gasteiger partial charge in [0.1, 0.15) is 18.2 Å². The average molecular weight is 278 g/mol. The Morgan fingerprint density at radius 3 is 2.75 bits per heavy atom. The maximum atomic E-state index is 5.43. The van der Waals surface area contributed by atoms with Crippen molar-refractivity contribution in [2.24, 2.45) is 11.8 Å². The number of anilines is 2. The lowest BCUT2D eigenvalue weighted by Gasteiger charge is -2.19. The molecule has 1 fully saturated rings. The summed E-state index contributed by atoms with van der Waals surface area (Å²) in [6, 6.07) is 2.02. The van der Waals surface area contributed by atoms with E-state index >= 15 is 0 Å². The first-order valence-corrected chi connectivity index (χ1v) is 7.54. The van der Waals surface area contributed by atoms with Crippen molar-refractivity contribution in [3.63, 3.8) is 0 Å². The summed E-state index contributed by atoms with van der Waals surface area (Å²) < 4.78 is 5.43. The number of hydrogen-bond acceptors (Lipinski definition) is 5. The Hall–Kier alpha value is -1.36. The second-order valence-corrected chi connectivity index (χ2v) is 5.55. The number of nitrogens with zero attached hydrogens (tertiary/aromatic N) is 3. The predicted octanol–water partition coefficient (Wildman–Crippen LogP) is 2.54. The summed E-state index contributed by atoms with van der Waals surface area (Å²) in [7, 11) is 2.10. The molecule has 5 heteroatoms. The third kappa shape index (κ3) is 4.07. The van der Waals surface area contributed by atoms with Gasteiger partial charge >= 0.3 is 0 Å². The summed E-state index contributed by atoms with van der Waals surface area (Å²) in [6.07, 6.45) is 1.33. The Labute approximate surface area is 121 Å². The Kier molecular flexibility index (Phi) is 5.17. The molecule has 5 nitrogen and oxygen atoms in total. The van der Waals surface area contributed by atoms with Gasteiger partial charge in [-0.05, 0) is 32.1 Å². The summed E-state index contributed by atoms with van der Waals surface area (Å²) in [5, 5.41) is 3.26. The maximum absolute atomic E-state index is 5.43. The zero-order chi connectivity index (χ0) is 14.5. The number of ether oxygens (including phenoxy) is 1. The molecule has 0 amide bonds. The van der Waals surface area contributed by atoms with Crippen LogP contribution in [0.15, 0.2) is 6.07 Å². The highest BCUT2D eigenvalue weighted by Crippen LogP contribution is 2.38. The van der Waals surface area contributed by atoms with E-state index in [2.05, 4.69) is 41.1 Å². The van der Waals surface area contributed by atoms with Gasteiger partial charge in [-0.3, -0.25) is 0 Å². The molecule has 0 radical (unpaired) electrons. The Morgan fingerprint density at radius 2 is 2.15 bits per heavy atom. The Morgan fingerprint density at radius 1 is 1.40 bits per heavy atom. The van der Waals surface area contributed by atoms with E-state index in [4.69, 9.17) is 4.74 Å². The minimum Gasteiger partial charge on any atom is -0.374 e. The van der Waals surface area contributed by atoms with Crippen LogP contribution in [-0.2, 0) is 11.3 Å². The van der Waals surface area contributed by atoms with Crippen LogP contribution in [0.25, 0.3) is 0 Å². The average Bonchev–Trinajstić information content (AvgIpc) is 3.12. The van der Waals surface area contributed by atoms with Crippen LogP contribution < -0.4 is 10.2 Å². The number of nitrogens with one attached hydrogen (secondary N) is 1. The third-order valence-electron chi connectivity index (χ3n) is 3.73. The minimum atomic E-state index is 0.469. The van der Waals surface area contributed by atoms with E-state index in [-0.39, 0.29) is 0 Å². The first-order valence-electron chi connectivity index (χ1n) is 7.54. The van der Waals surface area contributed by atoms with Gasteiger partial charge in [0.15, 0.2) is 5.82 Å². The van der Waals surface area contributed by atoms with Crippen LogP contribution in [0.4, 0.5) is 11.6 Å². The first kappa shape index (κ1) is 15.0. The molecule has 2 atom stereocenters. The topological polar surface area (TPSA) is 50.3 Å². The van der Waals surface area contributed by atoms with Crippen LogP contribution in [0, 0.1) is 11.8 Å². The van der Waals surface area contributed by atoms with Crippen molar-refractivity contribution in [1.29, 1.82) is 0 Å². The molecular formula is C15H26N4O. The van der Waals surface area contributed by atoms with E-state index in [0.29, 0.717) is 13.2 Å². The van der Waals surface area contributed by atoms with Gasteiger partial charge < -0.3 is 15.0 Å². The summed E-state index contributed by atoms with van der Waals surface area (Å²) in [6.45, 7) is 9.43. The quantitative estimate of drug-likeness (QED) is 0.792. The lowest BCUT2D eigenvalue weighted by Crippen LogP contribution is -2.23. The molecule has 2 rings (SSSR count). The highest BCUT2D eigenvalue weighted by Gasteiger charge is 2.33. The zero-order valence-corrected chi connectivity index (χ0v) is 13.0. The van der Waals surface area contributed by atoms with Crippen molar-refractivity contribution >= 4 is 11.6 Å². The van der Waals surface area contributed by atoms with Crippen LogP contribution in [0.2, 0.25) is 0 Å². The van der Waals surface area contributed by atoms with Crippen molar-refractivity contribution in [3.05, 3.63) is 11.9 Å². The highest BCUT2D eigenvalue weighted by molar-refractivity contribution is 5.49. The monoisotopic (exact) mass is 278 g/mol. The molecule has 2 unspecified atom stereocenters. The molecule has 0 spiro atoms. The summed E-state index contributed by atoms with van der Waals surface area (Å²) >= 11 is 0. The molecule has 1 aromatic heterocycles. The standard InChI is InChI=1S/C15H26N4O/c1-5-16-13-8-15(18-14(17-13)10-20-6-2)19(4)9-12-7-11(12)3/h8,11-12H,5-7,9-10H2,1-4H3,(H,16,17,18). The van der Waals surface area contributed by atoms with Gasteiger partial charge in [0.25, 0.3) is 0 Å². The van der Waals surface area contributed by atoms with Crippen molar-refractivity contribution in [3.8, 4) is 0 Å². The molecule has 1 aliphatic carbocycles. The fraction of sp³-hybridized carbons (Fsp3) is 0.733. The second kappa shape index (κ2) is 6.88. The normalized spacial score (nSPS) is 20.8. The highest BCUT2D eigenvalue weighted by atomic mass is 16.5. The molecular weight excluding hydrogens is 252 g/mol. The number of hydrogen-bond donors (Lipinski definition) is 1. The lowest BCUT2D eigenvalue weighted by molar-refractivity contribution is 0.128. The Balaban J connectivity index is 2.09. The molecule has 0 bridgehead atoms. The van der Waals surface area contributed by atoms with Crippen molar-refractivity contribution in [2.45, 2.75) is 33.8 Å². The van der Waals surface area contributed by atoms with Gasteiger partial charge in [0, 0.05) is 32.8 Å². The van der Waals surface area contributed by atoms with Crippen molar-refractivity contribution in [2.75, 3.05) is 37.0 Å². The van der Waals surface area contributed by atoms with Crippen LogP contribution in [0.3, 0.4) is 0 Å². The number of rotatable bonds is 8. The lowest BCUT2D eigenvalue weighted by atomic mass is 10.3.